The Bertz CT molecular complexity index is 981. The number of pyridine rings is 1. The number of unbranched alkanes of at least 4 members (excludes halogenated alkanes) is 2. The highest BCUT2D eigenvalue weighted by molar-refractivity contribution is 5.93. The number of methoxy groups -OCH3 is 1. The molecule has 1 aromatic rings. The van der Waals surface area contributed by atoms with Crippen LogP contribution >= 0.6 is 0 Å². The number of esters is 1. The van der Waals surface area contributed by atoms with Gasteiger partial charge in [-0.15, -0.1) is 0 Å². The summed E-state index contributed by atoms with van der Waals surface area (Å²) in [4.78, 5) is 40.4. The molecule has 0 aliphatic carbocycles. The molecule has 0 spiro atoms. The van der Waals surface area contributed by atoms with Crippen molar-refractivity contribution in [2.45, 2.75) is 83.6 Å². The zero-order chi connectivity index (χ0) is 29.1. The molecule has 0 aliphatic heterocycles. The van der Waals surface area contributed by atoms with Gasteiger partial charge >= 0.3 is 5.97 Å². The van der Waals surface area contributed by atoms with Gasteiger partial charge in [-0.1, -0.05) is 67.7 Å². The monoisotopic (exact) mass is 549 g/mol. The Kier molecular flexibility index (Phi) is 20.8. The van der Waals surface area contributed by atoms with Gasteiger partial charge in [0, 0.05) is 25.4 Å². The molecule has 0 bridgehead atoms. The molecule has 1 aromatic heterocycles. The zero-order valence-corrected chi connectivity index (χ0v) is 24.2. The van der Waals surface area contributed by atoms with Crippen molar-refractivity contribution >= 4 is 17.8 Å². The summed E-state index contributed by atoms with van der Waals surface area (Å²) >= 11 is 0. The van der Waals surface area contributed by atoms with Crippen LogP contribution in [0.25, 0.3) is 0 Å². The smallest absolute Gasteiger partial charge is 0.328 e. The first-order valence-electron chi connectivity index (χ1n) is 14.4. The van der Waals surface area contributed by atoms with Crippen LogP contribution < -0.4 is 10.6 Å². The van der Waals surface area contributed by atoms with Crippen molar-refractivity contribution in [1.82, 2.24) is 15.6 Å². The van der Waals surface area contributed by atoms with Crippen molar-refractivity contribution in [2.24, 2.45) is 0 Å². The van der Waals surface area contributed by atoms with Crippen LogP contribution in [0.3, 0.4) is 0 Å². The average molecular weight is 550 g/mol. The molecule has 7 nitrogen and oxygen atoms in total. The molecule has 218 valence electrons. The second kappa shape index (κ2) is 24.3. The van der Waals surface area contributed by atoms with Gasteiger partial charge in [0.2, 0.25) is 5.91 Å². The van der Waals surface area contributed by atoms with Gasteiger partial charge in [-0.05, 0) is 76.3 Å². The van der Waals surface area contributed by atoms with E-state index in [0.29, 0.717) is 44.2 Å². The number of allylic oxidation sites excluding steroid dienone is 10. The fourth-order valence-electron chi connectivity index (χ4n) is 3.68. The Morgan fingerprint density at radius 1 is 0.875 bits per heavy atom. The summed E-state index contributed by atoms with van der Waals surface area (Å²) < 4.78 is 4.85. The minimum atomic E-state index is -0.680. The van der Waals surface area contributed by atoms with E-state index in [1.54, 1.807) is 18.3 Å². The molecule has 0 saturated heterocycles. The lowest BCUT2D eigenvalue weighted by Gasteiger charge is -2.16. The summed E-state index contributed by atoms with van der Waals surface area (Å²) in [6.45, 7) is 2.61. The van der Waals surface area contributed by atoms with Gasteiger partial charge in [-0.2, -0.15) is 0 Å². The zero-order valence-electron chi connectivity index (χ0n) is 24.2. The molecule has 0 aliphatic rings. The first kappa shape index (κ1) is 34.3. The van der Waals surface area contributed by atoms with E-state index in [-0.39, 0.29) is 11.8 Å². The third-order valence-corrected chi connectivity index (χ3v) is 5.88. The molecule has 1 heterocycles. The van der Waals surface area contributed by atoms with Crippen LogP contribution in [0.5, 0.6) is 0 Å². The number of aromatic nitrogens is 1. The molecule has 40 heavy (non-hydrogen) atoms. The Morgan fingerprint density at radius 3 is 2.08 bits per heavy atom. The van der Waals surface area contributed by atoms with Gasteiger partial charge in [0.05, 0.1) is 12.7 Å². The largest absolute Gasteiger partial charge is 0.467 e. The van der Waals surface area contributed by atoms with Crippen molar-refractivity contribution in [3.05, 3.63) is 90.9 Å². The average Bonchev–Trinajstić information content (AvgIpc) is 2.97. The number of carbonyl (C=O) groups excluding carboxylic acids is 3. The van der Waals surface area contributed by atoms with Crippen LogP contribution in [0.2, 0.25) is 0 Å². The molecule has 1 unspecified atom stereocenters. The first-order valence-corrected chi connectivity index (χ1v) is 14.4. The third-order valence-electron chi connectivity index (χ3n) is 5.88. The van der Waals surface area contributed by atoms with E-state index in [0.717, 1.165) is 38.5 Å². The van der Waals surface area contributed by atoms with Crippen LogP contribution in [0.4, 0.5) is 0 Å². The lowest BCUT2D eigenvalue weighted by Crippen LogP contribution is -2.41. The number of nitrogens with one attached hydrogen (secondary N) is 2. The molecule has 0 saturated carbocycles. The van der Waals surface area contributed by atoms with E-state index in [1.165, 1.54) is 13.3 Å². The maximum Gasteiger partial charge on any atom is 0.328 e. The third kappa shape index (κ3) is 18.5. The first-order chi connectivity index (χ1) is 19.6. The van der Waals surface area contributed by atoms with E-state index in [2.05, 4.69) is 83.3 Å². The Labute approximate surface area is 240 Å². The fourth-order valence-corrected chi connectivity index (χ4v) is 3.68. The molecular weight excluding hydrogens is 502 g/mol. The number of ether oxygens (including phenoxy) is 1. The topological polar surface area (TPSA) is 97.4 Å². The Morgan fingerprint density at radius 2 is 1.50 bits per heavy atom. The maximum absolute atomic E-state index is 12.3. The summed E-state index contributed by atoms with van der Waals surface area (Å²) in [5, 5.41) is 5.62. The lowest BCUT2D eigenvalue weighted by atomic mass is 10.1. The quantitative estimate of drug-likeness (QED) is 0.103. The van der Waals surface area contributed by atoms with Crippen LogP contribution in [0.15, 0.2) is 85.3 Å². The van der Waals surface area contributed by atoms with Gasteiger partial charge in [0.1, 0.15) is 6.04 Å². The highest BCUT2D eigenvalue weighted by Gasteiger charge is 2.20. The summed E-state index contributed by atoms with van der Waals surface area (Å²) in [6.07, 6.45) is 33.2. The Hall–Kier alpha value is -3.74. The minimum Gasteiger partial charge on any atom is -0.467 e. The molecule has 1 rings (SSSR count). The van der Waals surface area contributed by atoms with Gasteiger partial charge < -0.3 is 15.4 Å². The van der Waals surface area contributed by atoms with E-state index < -0.39 is 12.0 Å². The van der Waals surface area contributed by atoms with Crippen molar-refractivity contribution in [3.63, 3.8) is 0 Å². The molecule has 7 heteroatoms. The van der Waals surface area contributed by atoms with Crippen LogP contribution in [-0.4, -0.2) is 42.5 Å². The minimum absolute atomic E-state index is 0.160. The van der Waals surface area contributed by atoms with Crippen molar-refractivity contribution in [2.75, 3.05) is 13.7 Å². The molecule has 2 amide bonds. The van der Waals surface area contributed by atoms with Crippen LogP contribution in [-0.2, 0) is 14.3 Å². The van der Waals surface area contributed by atoms with E-state index in [4.69, 9.17) is 4.74 Å². The standard InChI is InChI=1S/C33H47N3O4/c1-3-4-5-6-7-8-9-10-11-12-13-14-15-16-17-18-19-25-31(37)36-30(33(39)40-2)24-20-21-27-35-32(38)29-23-22-26-34-28-29/h4-5,7-8,10-11,13-14,16-17,22-23,26,28,30H,3,6,9,12,15,18-21,24-25,27H2,1-2H3,(H,35,38)(H,36,37). The molecule has 0 radical (unpaired) electrons. The van der Waals surface area contributed by atoms with Crippen molar-refractivity contribution in [1.29, 1.82) is 0 Å². The number of carbonyl (C=O) groups is 3. The number of nitrogens with zero attached hydrogens (tertiary/aromatic N) is 1. The number of hydrogen-bond acceptors (Lipinski definition) is 5. The van der Waals surface area contributed by atoms with Crippen molar-refractivity contribution < 1.29 is 19.1 Å². The summed E-state index contributed by atoms with van der Waals surface area (Å²) in [6, 6.07) is 2.73. The maximum atomic E-state index is 12.3. The Balaban J connectivity index is 2.15. The fraction of sp³-hybridized carbons (Fsp3) is 0.455. The van der Waals surface area contributed by atoms with Gasteiger partial charge in [0.25, 0.3) is 5.91 Å². The van der Waals surface area contributed by atoms with Gasteiger partial charge in [-0.3, -0.25) is 14.6 Å². The number of rotatable bonds is 21. The molecule has 1 atom stereocenters. The predicted molar refractivity (Wildman–Crippen MR) is 163 cm³/mol. The summed E-state index contributed by atoms with van der Waals surface area (Å²) in [7, 11) is 1.32. The normalized spacial score (nSPS) is 12.7. The van der Waals surface area contributed by atoms with Gasteiger partial charge in [0.15, 0.2) is 0 Å². The number of hydrogen-bond donors (Lipinski definition) is 2. The molecule has 0 fully saturated rings. The lowest BCUT2D eigenvalue weighted by molar-refractivity contribution is -0.145. The number of amides is 2. The van der Waals surface area contributed by atoms with E-state index in [9.17, 15) is 14.4 Å². The van der Waals surface area contributed by atoms with Crippen molar-refractivity contribution in [3.8, 4) is 0 Å². The predicted octanol–water partition coefficient (Wildman–Crippen LogP) is 6.56. The van der Waals surface area contributed by atoms with E-state index >= 15 is 0 Å². The highest BCUT2D eigenvalue weighted by Crippen LogP contribution is 2.06. The van der Waals surface area contributed by atoms with Crippen LogP contribution in [0, 0.1) is 0 Å². The van der Waals surface area contributed by atoms with Crippen LogP contribution in [0.1, 0.15) is 87.9 Å². The SMILES string of the molecule is CCC=CCC=CCC=CCC=CCC=CCCCC(=O)NC(CCCCNC(=O)c1cccnc1)C(=O)OC. The molecule has 0 aromatic carbocycles. The van der Waals surface area contributed by atoms with Gasteiger partial charge in [-0.25, -0.2) is 4.79 Å². The second-order valence-corrected chi connectivity index (χ2v) is 9.24. The highest BCUT2D eigenvalue weighted by atomic mass is 16.5. The molecule has 2 N–H and O–H groups in total. The summed E-state index contributed by atoms with van der Waals surface area (Å²) in [5.74, 6) is -0.795. The van der Waals surface area contributed by atoms with E-state index in [1.807, 2.05) is 0 Å². The molecular formula is C33H47N3O4. The summed E-state index contributed by atoms with van der Waals surface area (Å²) in [5.41, 5.74) is 0.506. The second-order valence-electron chi connectivity index (χ2n) is 9.24.